The van der Waals surface area contributed by atoms with Crippen LogP contribution in [0.15, 0.2) is 29.3 Å². The number of hydrogen-bond acceptors (Lipinski definition) is 5. The van der Waals surface area contributed by atoms with E-state index in [1.165, 1.54) is 17.8 Å². The third-order valence-electron chi connectivity index (χ3n) is 2.14. The van der Waals surface area contributed by atoms with Crippen molar-refractivity contribution >= 4 is 35.0 Å². The molecular formula is C9H10ClN3O2S. The predicted molar refractivity (Wildman–Crippen MR) is 67.2 cm³/mol. The SMILES string of the molecule is Cl.NC1=NC(c2cccc([N+](=O)[O-])c2)CS1. The molecule has 0 amide bonds. The molecule has 0 bridgehead atoms. The maximum absolute atomic E-state index is 10.6. The van der Waals surface area contributed by atoms with Crippen LogP contribution in [0.4, 0.5) is 5.69 Å². The number of nitrogens with two attached hydrogens (primary N) is 1. The fraction of sp³-hybridized carbons (Fsp3) is 0.222. The van der Waals surface area contributed by atoms with Crippen molar-refractivity contribution in [3.8, 4) is 0 Å². The lowest BCUT2D eigenvalue weighted by Gasteiger charge is -2.04. The molecule has 0 fully saturated rings. The number of nitro benzene ring substituents is 1. The first-order chi connectivity index (χ1) is 7.16. The van der Waals surface area contributed by atoms with Gasteiger partial charge in [0.25, 0.3) is 5.69 Å². The van der Waals surface area contributed by atoms with Crippen molar-refractivity contribution in [1.82, 2.24) is 0 Å². The topological polar surface area (TPSA) is 81.5 Å². The molecule has 0 saturated heterocycles. The summed E-state index contributed by atoms with van der Waals surface area (Å²) >= 11 is 1.47. The highest BCUT2D eigenvalue weighted by Crippen LogP contribution is 2.30. The van der Waals surface area contributed by atoms with Gasteiger partial charge in [0.05, 0.1) is 11.0 Å². The Kier molecular flexibility index (Phi) is 4.14. The van der Waals surface area contributed by atoms with Crippen molar-refractivity contribution in [3.05, 3.63) is 39.9 Å². The normalized spacial score (nSPS) is 18.8. The number of nitrogens with zero attached hydrogens (tertiary/aromatic N) is 2. The molecule has 86 valence electrons. The molecule has 0 saturated carbocycles. The standard InChI is InChI=1S/C9H9N3O2S.ClH/c10-9-11-8(5-15-9)6-2-1-3-7(4-6)12(13)14;/h1-4,8H,5H2,(H2,10,11);1H. The molecule has 7 heteroatoms. The molecule has 1 atom stereocenters. The van der Waals surface area contributed by atoms with Crippen molar-refractivity contribution in [2.75, 3.05) is 5.75 Å². The van der Waals surface area contributed by atoms with Crippen molar-refractivity contribution in [2.24, 2.45) is 10.7 Å². The van der Waals surface area contributed by atoms with E-state index in [4.69, 9.17) is 5.73 Å². The quantitative estimate of drug-likeness (QED) is 0.651. The molecule has 16 heavy (non-hydrogen) atoms. The van der Waals surface area contributed by atoms with E-state index in [1.54, 1.807) is 12.1 Å². The van der Waals surface area contributed by atoms with Crippen LogP contribution in [0, 0.1) is 10.1 Å². The summed E-state index contributed by atoms with van der Waals surface area (Å²) in [5.74, 6) is 0.757. The molecule has 0 radical (unpaired) electrons. The van der Waals surface area contributed by atoms with E-state index in [0.29, 0.717) is 5.17 Å². The number of benzene rings is 1. The molecule has 1 aliphatic heterocycles. The Labute approximate surface area is 103 Å². The van der Waals surface area contributed by atoms with E-state index in [9.17, 15) is 10.1 Å². The second kappa shape index (κ2) is 5.18. The lowest BCUT2D eigenvalue weighted by atomic mass is 10.1. The first-order valence-corrected chi connectivity index (χ1v) is 5.36. The summed E-state index contributed by atoms with van der Waals surface area (Å²) in [5.41, 5.74) is 6.48. The van der Waals surface area contributed by atoms with Gasteiger partial charge >= 0.3 is 0 Å². The Bertz CT molecular complexity index is 439. The van der Waals surface area contributed by atoms with E-state index in [2.05, 4.69) is 4.99 Å². The van der Waals surface area contributed by atoms with Gasteiger partial charge in [0.1, 0.15) is 0 Å². The van der Waals surface area contributed by atoms with Crippen LogP contribution in [-0.2, 0) is 0 Å². The van der Waals surface area contributed by atoms with E-state index >= 15 is 0 Å². The van der Waals surface area contributed by atoms with Crippen molar-refractivity contribution in [2.45, 2.75) is 6.04 Å². The Balaban J connectivity index is 0.00000128. The zero-order valence-corrected chi connectivity index (χ0v) is 9.83. The largest absolute Gasteiger partial charge is 0.379 e. The van der Waals surface area contributed by atoms with E-state index < -0.39 is 4.92 Å². The fourth-order valence-electron chi connectivity index (χ4n) is 1.41. The van der Waals surface area contributed by atoms with Gasteiger partial charge in [-0.15, -0.1) is 12.4 Å². The number of amidine groups is 1. The molecule has 1 aromatic carbocycles. The van der Waals surface area contributed by atoms with Gasteiger partial charge in [0.2, 0.25) is 0 Å². The molecule has 1 heterocycles. The highest BCUT2D eigenvalue weighted by atomic mass is 35.5. The van der Waals surface area contributed by atoms with Gasteiger partial charge in [0.15, 0.2) is 5.17 Å². The summed E-state index contributed by atoms with van der Waals surface area (Å²) in [6.07, 6.45) is 0. The van der Waals surface area contributed by atoms with Gasteiger partial charge in [-0.1, -0.05) is 23.9 Å². The van der Waals surface area contributed by atoms with Crippen LogP contribution in [-0.4, -0.2) is 15.8 Å². The molecule has 5 nitrogen and oxygen atoms in total. The Morgan fingerprint density at radius 3 is 2.88 bits per heavy atom. The first-order valence-electron chi connectivity index (χ1n) is 4.37. The van der Waals surface area contributed by atoms with Gasteiger partial charge < -0.3 is 5.73 Å². The van der Waals surface area contributed by atoms with Crippen LogP contribution in [0.5, 0.6) is 0 Å². The van der Waals surface area contributed by atoms with Gasteiger partial charge in [-0.05, 0) is 5.56 Å². The number of aliphatic imine (C=N–C) groups is 1. The fourth-order valence-corrected chi connectivity index (χ4v) is 2.21. The van der Waals surface area contributed by atoms with Crippen LogP contribution >= 0.6 is 24.2 Å². The van der Waals surface area contributed by atoms with Crippen LogP contribution in [0.25, 0.3) is 0 Å². The maximum Gasteiger partial charge on any atom is 0.269 e. The first kappa shape index (κ1) is 12.8. The second-order valence-electron chi connectivity index (χ2n) is 3.15. The number of nitro groups is 1. The molecule has 0 aromatic heterocycles. The average Bonchev–Trinajstić information content (AvgIpc) is 2.65. The molecule has 1 aromatic rings. The Hall–Kier alpha value is -1.27. The van der Waals surface area contributed by atoms with Gasteiger partial charge in [-0.2, -0.15) is 0 Å². The molecule has 2 N–H and O–H groups in total. The van der Waals surface area contributed by atoms with E-state index in [0.717, 1.165) is 11.3 Å². The molecular weight excluding hydrogens is 250 g/mol. The van der Waals surface area contributed by atoms with Crippen LogP contribution in [0.2, 0.25) is 0 Å². The molecule has 0 aliphatic carbocycles. The van der Waals surface area contributed by atoms with Crippen LogP contribution < -0.4 is 5.73 Å². The minimum Gasteiger partial charge on any atom is -0.379 e. The Morgan fingerprint density at radius 1 is 1.56 bits per heavy atom. The molecule has 2 rings (SSSR count). The van der Waals surface area contributed by atoms with E-state index in [-0.39, 0.29) is 24.1 Å². The molecule has 0 spiro atoms. The lowest BCUT2D eigenvalue weighted by molar-refractivity contribution is -0.384. The molecule has 1 unspecified atom stereocenters. The van der Waals surface area contributed by atoms with E-state index in [1.807, 2.05) is 6.07 Å². The zero-order valence-electron chi connectivity index (χ0n) is 8.20. The summed E-state index contributed by atoms with van der Waals surface area (Å²) in [7, 11) is 0. The van der Waals surface area contributed by atoms with Crippen LogP contribution in [0.3, 0.4) is 0 Å². The third-order valence-corrected chi connectivity index (χ3v) is 3.02. The van der Waals surface area contributed by atoms with Gasteiger partial charge in [-0.3, -0.25) is 15.1 Å². The average molecular weight is 260 g/mol. The van der Waals surface area contributed by atoms with Crippen molar-refractivity contribution in [3.63, 3.8) is 0 Å². The highest BCUT2D eigenvalue weighted by molar-refractivity contribution is 8.14. The van der Waals surface area contributed by atoms with Crippen LogP contribution in [0.1, 0.15) is 11.6 Å². The zero-order chi connectivity index (χ0) is 10.8. The van der Waals surface area contributed by atoms with Crippen molar-refractivity contribution < 1.29 is 4.92 Å². The number of hydrogen-bond donors (Lipinski definition) is 1. The minimum atomic E-state index is -0.404. The monoisotopic (exact) mass is 259 g/mol. The number of non-ortho nitro benzene ring substituents is 1. The summed E-state index contributed by atoms with van der Waals surface area (Å²) in [6.45, 7) is 0. The predicted octanol–water partition coefficient (Wildman–Crippen LogP) is 2.12. The smallest absolute Gasteiger partial charge is 0.269 e. The summed E-state index contributed by atoms with van der Waals surface area (Å²) in [5, 5.41) is 11.1. The lowest BCUT2D eigenvalue weighted by Crippen LogP contribution is -2.01. The molecule has 1 aliphatic rings. The Morgan fingerprint density at radius 2 is 2.31 bits per heavy atom. The minimum absolute atomic E-state index is 0. The summed E-state index contributed by atoms with van der Waals surface area (Å²) in [4.78, 5) is 14.4. The highest BCUT2D eigenvalue weighted by Gasteiger charge is 2.19. The number of thioether (sulfide) groups is 1. The van der Waals surface area contributed by atoms with Gasteiger partial charge in [-0.25, -0.2) is 0 Å². The summed E-state index contributed by atoms with van der Waals surface area (Å²) < 4.78 is 0. The van der Waals surface area contributed by atoms with Gasteiger partial charge in [0, 0.05) is 17.9 Å². The van der Waals surface area contributed by atoms with Crippen molar-refractivity contribution in [1.29, 1.82) is 0 Å². The second-order valence-corrected chi connectivity index (χ2v) is 4.19. The summed E-state index contributed by atoms with van der Waals surface area (Å²) in [6, 6.07) is 6.48. The number of halogens is 1. The number of rotatable bonds is 2. The third kappa shape index (κ3) is 2.65. The maximum atomic E-state index is 10.6.